The first-order chi connectivity index (χ1) is 8.60. The summed E-state index contributed by atoms with van der Waals surface area (Å²) in [4.78, 5) is 4.36. The second kappa shape index (κ2) is 5.40. The van der Waals surface area contributed by atoms with Crippen LogP contribution in [0.15, 0.2) is 34.9 Å². The number of hydrogen-bond donors (Lipinski definition) is 1. The number of pyridine rings is 1. The molecule has 0 amide bonds. The molecule has 0 unspecified atom stereocenters. The second-order valence-electron chi connectivity index (χ2n) is 4.13. The van der Waals surface area contributed by atoms with E-state index in [4.69, 9.17) is 4.74 Å². The molecule has 94 valence electrons. The third kappa shape index (κ3) is 2.82. The van der Waals surface area contributed by atoms with Gasteiger partial charge in [0.05, 0.1) is 7.11 Å². The Labute approximate surface area is 115 Å². The zero-order valence-electron chi connectivity index (χ0n) is 10.6. The Balaban J connectivity index is 2.26. The van der Waals surface area contributed by atoms with Crippen LogP contribution in [0.1, 0.15) is 11.1 Å². The first kappa shape index (κ1) is 12.9. The first-order valence-electron chi connectivity index (χ1n) is 5.64. The quantitative estimate of drug-likeness (QED) is 0.922. The lowest BCUT2D eigenvalue weighted by Gasteiger charge is -2.11. The molecule has 0 radical (unpaired) electrons. The highest BCUT2D eigenvalue weighted by Gasteiger charge is 2.03. The fraction of sp³-hybridized carbons (Fsp3) is 0.214. The summed E-state index contributed by atoms with van der Waals surface area (Å²) < 4.78 is 6.22. The predicted octanol–water partition coefficient (Wildman–Crippen LogP) is 4.21. The van der Waals surface area contributed by atoms with Gasteiger partial charge in [0, 0.05) is 16.4 Å². The van der Waals surface area contributed by atoms with E-state index in [1.165, 1.54) is 0 Å². The second-order valence-corrected chi connectivity index (χ2v) is 5.04. The molecule has 0 bridgehead atoms. The number of hydrogen-bond acceptors (Lipinski definition) is 3. The van der Waals surface area contributed by atoms with Gasteiger partial charge in [0.15, 0.2) is 0 Å². The van der Waals surface area contributed by atoms with Gasteiger partial charge in [0.1, 0.15) is 11.6 Å². The van der Waals surface area contributed by atoms with Gasteiger partial charge in [-0.3, -0.25) is 0 Å². The molecule has 3 nitrogen and oxygen atoms in total. The largest absolute Gasteiger partial charge is 0.496 e. The Bertz CT molecular complexity index is 570. The normalized spacial score (nSPS) is 10.2. The summed E-state index contributed by atoms with van der Waals surface area (Å²) in [7, 11) is 1.68. The van der Waals surface area contributed by atoms with Crippen LogP contribution in [0.5, 0.6) is 5.75 Å². The molecule has 0 aliphatic carbocycles. The number of rotatable bonds is 3. The molecule has 18 heavy (non-hydrogen) atoms. The number of benzene rings is 1. The number of methoxy groups -OCH3 is 1. The summed E-state index contributed by atoms with van der Waals surface area (Å²) in [6.07, 6.45) is 1.78. The lowest BCUT2D eigenvalue weighted by atomic mass is 10.2. The van der Waals surface area contributed by atoms with E-state index in [0.717, 1.165) is 32.9 Å². The van der Waals surface area contributed by atoms with Crippen LogP contribution >= 0.6 is 15.9 Å². The molecule has 0 aliphatic heterocycles. The van der Waals surface area contributed by atoms with Crippen LogP contribution in [0.2, 0.25) is 0 Å². The van der Waals surface area contributed by atoms with Gasteiger partial charge in [-0.25, -0.2) is 4.98 Å². The standard InChI is InChI=1S/C14H15BrN2O/c1-9-7-12(4-5-13(9)18-3)17-14-10(2)6-11(15)8-16-14/h4-8H,1-3H3,(H,16,17). The smallest absolute Gasteiger partial charge is 0.133 e. The van der Waals surface area contributed by atoms with Crippen molar-refractivity contribution < 1.29 is 4.74 Å². The van der Waals surface area contributed by atoms with Crippen molar-refractivity contribution in [2.75, 3.05) is 12.4 Å². The van der Waals surface area contributed by atoms with Crippen LogP contribution in [0.3, 0.4) is 0 Å². The molecule has 1 aromatic carbocycles. The third-order valence-corrected chi connectivity index (χ3v) is 3.14. The average Bonchev–Trinajstić information content (AvgIpc) is 2.33. The predicted molar refractivity (Wildman–Crippen MR) is 77.7 cm³/mol. The van der Waals surface area contributed by atoms with Crippen molar-refractivity contribution in [3.05, 3.63) is 46.1 Å². The number of nitrogens with zero attached hydrogens (tertiary/aromatic N) is 1. The highest BCUT2D eigenvalue weighted by Crippen LogP contribution is 2.25. The molecule has 0 atom stereocenters. The lowest BCUT2D eigenvalue weighted by molar-refractivity contribution is 0.412. The molecular formula is C14H15BrN2O. The summed E-state index contributed by atoms with van der Waals surface area (Å²) in [5.74, 6) is 1.75. The van der Waals surface area contributed by atoms with Gasteiger partial charge in [-0.15, -0.1) is 0 Å². The van der Waals surface area contributed by atoms with E-state index in [2.05, 4.69) is 26.2 Å². The molecule has 2 rings (SSSR count). The van der Waals surface area contributed by atoms with Crippen LogP contribution < -0.4 is 10.1 Å². The lowest BCUT2D eigenvalue weighted by Crippen LogP contribution is -1.97. The van der Waals surface area contributed by atoms with Gasteiger partial charge >= 0.3 is 0 Å². The number of ether oxygens (including phenoxy) is 1. The summed E-state index contributed by atoms with van der Waals surface area (Å²) in [5.41, 5.74) is 3.20. The number of nitrogens with one attached hydrogen (secondary N) is 1. The molecule has 0 spiro atoms. The maximum absolute atomic E-state index is 5.24. The zero-order valence-corrected chi connectivity index (χ0v) is 12.2. The average molecular weight is 307 g/mol. The molecule has 1 heterocycles. The maximum atomic E-state index is 5.24. The van der Waals surface area contributed by atoms with E-state index in [9.17, 15) is 0 Å². The van der Waals surface area contributed by atoms with Gasteiger partial charge in [-0.1, -0.05) is 0 Å². The third-order valence-electron chi connectivity index (χ3n) is 2.70. The van der Waals surface area contributed by atoms with Gasteiger partial charge in [0.2, 0.25) is 0 Å². The molecule has 0 aliphatic rings. The Morgan fingerprint density at radius 3 is 2.56 bits per heavy atom. The Hall–Kier alpha value is -1.55. The zero-order chi connectivity index (χ0) is 13.1. The van der Waals surface area contributed by atoms with Gasteiger partial charge in [-0.05, 0) is 65.2 Å². The van der Waals surface area contributed by atoms with Crippen molar-refractivity contribution >= 4 is 27.4 Å². The summed E-state index contributed by atoms with van der Waals surface area (Å²) in [5, 5.41) is 3.30. The molecule has 0 saturated heterocycles. The summed E-state index contributed by atoms with van der Waals surface area (Å²) in [6.45, 7) is 4.04. The van der Waals surface area contributed by atoms with Crippen molar-refractivity contribution in [1.82, 2.24) is 4.98 Å². The minimum absolute atomic E-state index is 0.864. The summed E-state index contributed by atoms with van der Waals surface area (Å²) in [6, 6.07) is 8.01. The van der Waals surface area contributed by atoms with Crippen LogP contribution in [-0.4, -0.2) is 12.1 Å². The van der Waals surface area contributed by atoms with E-state index >= 15 is 0 Å². The van der Waals surface area contributed by atoms with Crippen molar-refractivity contribution in [3.8, 4) is 5.75 Å². The molecule has 2 aromatic rings. The fourth-order valence-corrected chi connectivity index (χ4v) is 2.21. The minimum Gasteiger partial charge on any atom is -0.496 e. The number of anilines is 2. The Kier molecular flexibility index (Phi) is 3.87. The van der Waals surface area contributed by atoms with E-state index in [1.807, 2.05) is 38.1 Å². The highest BCUT2D eigenvalue weighted by molar-refractivity contribution is 9.10. The molecular weight excluding hydrogens is 292 g/mol. The van der Waals surface area contributed by atoms with Crippen LogP contribution in [0, 0.1) is 13.8 Å². The van der Waals surface area contributed by atoms with Crippen molar-refractivity contribution in [3.63, 3.8) is 0 Å². The van der Waals surface area contributed by atoms with Gasteiger partial charge < -0.3 is 10.1 Å². The van der Waals surface area contributed by atoms with Crippen molar-refractivity contribution in [1.29, 1.82) is 0 Å². The Morgan fingerprint density at radius 2 is 1.94 bits per heavy atom. The molecule has 0 fully saturated rings. The van der Waals surface area contributed by atoms with Crippen LogP contribution in [-0.2, 0) is 0 Å². The SMILES string of the molecule is COc1ccc(Nc2ncc(Br)cc2C)cc1C. The maximum Gasteiger partial charge on any atom is 0.133 e. The van der Waals surface area contributed by atoms with Crippen molar-refractivity contribution in [2.24, 2.45) is 0 Å². The fourth-order valence-electron chi connectivity index (χ4n) is 1.76. The van der Waals surface area contributed by atoms with E-state index in [1.54, 1.807) is 13.3 Å². The van der Waals surface area contributed by atoms with E-state index in [0.29, 0.717) is 0 Å². The minimum atomic E-state index is 0.864. The topological polar surface area (TPSA) is 34.1 Å². The van der Waals surface area contributed by atoms with Crippen LogP contribution in [0.25, 0.3) is 0 Å². The Morgan fingerprint density at radius 1 is 1.17 bits per heavy atom. The molecule has 0 saturated carbocycles. The van der Waals surface area contributed by atoms with E-state index < -0.39 is 0 Å². The van der Waals surface area contributed by atoms with Gasteiger partial charge in [-0.2, -0.15) is 0 Å². The number of aryl methyl sites for hydroxylation is 2. The number of halogens is 1. The molecule has 1 aromatic heterocycles. The monoisotopic (exact) mass is 306 g/mol. The van der Waals surface area contributed by atoms with Gasteiger partial charge in [0.25, 0.3) is 0 Å². The highest BCUT2D eigenvalue weighted by atomic mass is 79.9. The first-order valence-corrected chi connectivity index (χ1v) is 6.43. The van der Waals surface area contributed by atoms with Crippen LogP contribution in [0.4, 0.5) is 11.5 Å². The van der Waals surface area contributed by atoms with Crippen molar-refractivity contribution in [2.45, 2.75) is 13.8 Å². The number of aromatic nitrogens is 1. The summed E-state index contributed by atoms with van der Waals surface area (Å²) >= 11 is 3.41. The molecule has 1 N–H and O–H groups in total. The molecule has 4 heteroatoms. The van der Waals surface area contributed by atoms with E-state index in [-0.39, 0.29) is 0 Å².